The van der Waals surface area contributed by atoms with Crippen molar-refractivity contribution in [3.8, 4) is 0 Å². The number of aromatic nitrogens is 1. The molecule has 1 atom stereocenters. The second-order valence-corrected chi connectivity index (χ2v) is 5.75. The van der Waals surface area contributed by atoms with Gasteiger partial charge in [0.25, 0.3) is 0 Å². The van der Waals surface area contributed by atoms with Crippen molar-refractivity contribution in [2.24, 2.45) is 0 Å². The van der Waals surface area contributed by atoms with Crippen LogP contribution in [-0.4, -0.2) is 11.2 Å². The maximum absolute atomic E-state index is 13.1. The average Bonchev–Trinajstić information content (AvgIpc) is 3.15. The lowest BCUT2D eigenvalue weighted by Gasteiger charge is -2.23. The monoisotopic (exact) mass is 303 g/mol. The van der Waals surface area contributed by atoms with Gasteiger partial charge in [0.1, 0.15) is 12.0 Å². The molecule has 0 saturated carbocycles. The van der Waals surface area contributed by atoms with Gasteiger partial charge in [0.05, 0.1) is 10.4 Å². The molecule has 2 aromatic rings. The largest absolute Gasteiger partial charge is 0.466 e. The summed E-state index contributed by atoms with van der Waals surface area (Å²) in [5.41, 5.74) is 2.66. The third kappa shape index (κ3) is 3.08. The predicted octanol–water partition coefficient (Wildman–Crippen LogP) is 4.44. The normalized spacial score (nSPS) is 17.7. The Morgan fingerprint density at radius 3 is 2.86 bits per heavy atom. The van der Waals surface area contributed by atoms with Gasteiger partial charge in [-0.15, -0.1) is 11.3 Å². The van der Waals surface area contributed by atoms with Gasteiger partial charge in [-0.25, -0.2) is 4.39 Å². The summed E-state index contributed by atoms with van der Waals surface area (Å²) in [5.74, 6) is 0.471. The van der Waals surface area contributed by atoms with E-state index in [4.69, 9.17) is 4.74 Å². The number of halogens is 1. The van der Waals surface area contributed by atoms with Crippen molar-refractivity contribution in [1.82, 2.24) is 4.98 Å². The van der Waals surface area contributed by atoms with Crippen LogP contribution in [0, 0.1) is 12.0 Å². The standard InChI is InChI=1S/C16H16FN2OS/c1-2-3-4-16-19(13-7-5-12(17)6-8-13)10-14(20-16)15-9-18-11-21-15/h5-9,11,16H,2-4H2,1H3. The Kier molecular flexibility index (Phi) is 4.20. The topological polar surface area (TPSA) is 25.4 Å². The van der Waals surface area contributed by atoms with Crippen LogP contribution in [0.2, 0.25) is 0 Å². The quantitative estimate of drug-likeness (QED) is 0.816. The number of nitrogens with zero attached hydrogens (tertiary/aromatic N) is 2. The first-order valence-corrected chi connectivity index (χ1v) is 7.90. The number of unbranched alkanes of at least 4 members (excludes halogenated alkanes) is 1. The van der Waals surface area contributed by atoms with E-state index in [2.05, 4.69) is 18.1 Å². The molecule has 1 aliphatic heterocycles. The lowest BCUT2D eigenvalue weighted by molar-refractivity contribution is 0.179. The Morgan fingerprint density at radius 1 is 1.38 bits per heavy atom. The Balaban J connectivity index is 1.87. The lowest BCUT2D eigenvalue weighted by Crippen LogP contribution is -2.28. The number of anilines is 1. The Hall–Kier alpha value is -1.88. The fourth-order valence-electron chi connectivity index (χ4n) is 2.24. The van der Waals surface area contributed by atoms with Crippen molar-refractivity contribution in [1.29, 1.82) is 0 Å². The molecule has 0 amide bonds. The Labute approximate surface area is 127 Å². The van der Waals surface area contributed by atoms with Crippen molar-refractivity contribution in [3.63, 3.8) is 0 Å². The van der Waals surface area contributed by atoms with Crippen LogP contribution in [0.1, 0.15) is 31.1 Å². The smallest absolute Gasteiger partial charge is 0.176 e. The molecule has 0 fully saturated rings. The molecule has 5 heteroatoms. The minimum Gasteiger partial charge on any atom is -0.466 e. The highest BCUT2D eigenvalue weighted by molar-refractivity contribution is 7.10. The lowest BCUT2D eigenvalue weighted by atomic mass is 10.2. The van der Waals surface area contributed by atoms with Crippen LogP contribution in [0.5, 0.6) is 0 Å². The first-order valence-electron chi connectivity index (χ1n) is 7.02. The van der Waals surface area contributed by atoms with Gasteiger partial charge in [-0.2, -0.15) is 0 Å². The first kappa shape index (κ1) is 14.1. The number of benzene rings is 1. The van der Waals surface area contributed by atoms with E-state index < -0.39 is 0 Å². The van der Waals surface area contributed by atoms with Gasteiger partial charge >= 0.3 is 0 Å². The molecular weight excluding hydrogens is 287 g/mol. The van der Waals surface area contributed by atoms with Gasteiger partial charge in [0, 0.05) is 18.3 Å². The van der Waals surface area contributed by atoms with Gasteiger partial charge in [-0.05, 0) is 30.7 Å². The second-order valence-electron chi connectivity index (χ2n) is 4.87. The summed E-state index contributed by atoms with van der Waals surface area (Å²) < 4.78 is 19.1. The van der Waals surface area contributed by atoms with Crippen LogP contribution in [0.15, 0.2) is 36.0 Å². The maximum atomic E-state index is 13.1. The molecule has 1 aromatic carbocycles. The third-order valence-electron chi connectivity index (χ3n) is 3.33. The second kappa shape index (κ2) is 6.26. The van der Waals surface area contributed by atoms with Crippen LogP contribution in [0.25, 0.3) is 5.76 Å². The van der Waals surface area contributed by atoms with Crippen molar-refractivity contribution in [2.75, 3.05) is 4.90 Å². The van der Waals surface area contributed by atoms with Crippen LogP contribution >= 0.6 is 11.3 Å². The van der Waals surface area contributed by atoms with Crippen molar-refractivity contribution in [3.05, 3.63) is 52.9 Å². The highest BCUT2D eigenvalue weighted by Crippen LogP contribution is 2.33. The molecule has 1 radical (unpaired) electrons. The molecule has 0 saturated heterocycles. The number of ether oxygens (including phenoxy) is 1. The minimum absolute atomic E-state index is 0.0903. The zero-order chi connectivity index (χ0) is 14.7. The molecular formula is C16H16FN2OS. The molecule has 2 heterocycles. The fraction of sp³-hybridized carbons (Fsp3) is 0.312. The molecule has 0 bridgehead atoms. The zero-order valence-electron chi connectivity index (χ0n) is 11.8. The highest BCUT2D eigenvalue weighted by Gasteiger charge is 2.28. The summed E-state index contributed by atoms with van der Waals surface area (Å²) >= 11 is 1.52. The molecule has 21 heavy (non-hydrogen) atoms. The van der Waals surface area contributed by atoms with E-state index in [0.717, 1.165) is 29.8 Å². The van der Waals surface area contributed by atoms with Gasteiger partial charge in [-0.1, -0.05) is 13.3 Å². The number of thiazole rings is 1. The van der Waals surface area contributed by atoms with E-state index in [-0.39, 0.29) is 12.0 Å². The van der Waals surface area contributed by atoms with Gasteiger partial charge in [-0.3, -0.25) is 4.98 Å². The average molecular weight is 303 g/mol. The van der Waals surface area contributed by atoms with Gasteiger partial charge < -0.3 is 9.64 Å². The Morgan fingerprint density at radius 2 is 2.19 bits per heavy atom. The van der Waals surface area contributed by atoms with E-state index in [1.54, 1.807) is 23.8 Å². The number of hydrogen-bond donors (Lipinski definition) is 0. The molecule has 0 N–H and O–H groups in total. The summed E-state index contributed by atoms with van der Waals surface area (Å²) in [5, 5.41) is 0. The third-order valence-corrected chi connectivity index (χ3v) is 4.10. The fourth-order valence-corrected chi connectivity index (χ4v) is 2.79. The van der Waals surface area contributed by atoms with E-state index in [9.17, 15) is 4.39 Å². The molecule has 1 aliphatic rings. The SMILES string of the molecule is CCCCC1OC(c2cncs2)=[C]N1c1ccc(F)cc1. The molecule has 0 aliphatic carbocycles. The van der Waals surface area contributed by atoms with Crippen molar-refractivity contribution >= 4 is 22.8 Å². The molecule has 1 aromatic heterocycles. The molecule has 1 unspecified atom stereocenters. The van der Waals surface area contributed by atoms with Crippen LogP contribution < -0.4 is 4.90 Å². The summed E-state index contributed by atoms with van der Waals surface area (Å²) in [6, 6.07) is 6.41. The minimum atomic E-state index is -0.240. The summed E-state index contributed by atoms with van der Waals surface area (Å²) in [6.45, 7) is 2.15. The zero-order valence-corrected chi connectivity index (χ0v) is 12.6. The molecule has 0 spiro atoms. The summed E-state index contributed by atoms with van der Waals surface area (Å²) in [4.78, 5) is 6.98. The van der Waals surface area contributed by atoms with Crippen LogP contribution in [0.3, 0.4) is 0 Å². The molecule has 3 rings (SSSR count). The number of hydrogen-bond acceptors (Lipinski definition) is 4. The van der Waals surface area contributed by atoms with E-state index in [0.29, 0.717) is 5.76 Å². The highest BCUT2D eigenvalue weighted by atomic mass is 32.1. The summed E-state index contributed by atoms with van der Waals surface area (Å²) in [7, 11) is 0. The number of rotatable bonds is 5. The van der Waals surface area contributed by atoms with Crippen LogP contribution in [0.4, 0.5) is 10.1 Å². The van der Waals surface area contributed by atoms with E-state index >= 15 is 0 Å². The van der Waals surface area contributed by atoms with Gasteiger partial charge in [0.2, 0.25) is 0 Å². The first-order chi connectivity index (χ1) is 10.3. The van der Waals surface area contributed by atoms with Gasteiger partial charge in [0.15, 0.2) is 12.0 Å². The van der Waals surface area contributed by atoms with Crippen LogP contribution in [-0.2, 0) is 4.74 Å². The van der Waals surface area contributed by atoms with Crippen molar-refractivity contribution in [2.45, 2.75) is 32.4 Å². The van der Waals surface area contributed by atoms with E-state index in [1.807, 2.05) is 4.90 Å². The Bertz CT molecular complexity index is 610. The van der Waals surface area contributed by atoms with Crippen molar-refractivity contribution < 1.29 is 9.13 Å². The molecule has 109 valence electrons. The summed E-state index contributed by atoms with van der Waals surface area (Å²) in [6.07, 6.45) is 8.03. The van der Waals surface area contributed by atoms with E-state index in [1.165, 1.54) is 23.5 Å². The molecule has 3 nitrogen and oxygen atoms in total. The predicted molar refractivity (Wildman–Crippen MR) is 82.0 cm³/mol. The maximum Gasteiger partial charge on any atom is 0.176 e.